The minimum atomic E-state index is -0.503. The lowest BCUT2D eigenvalue weighted by Crippen LogP contribution is -2.09. The Morgan fingerprint density at radius 1 is 1.50 bits per heavy atom. The smallest absolute Gasteiger partial charge is 0.342 e. The van der Waals surface area contributed by atoms with Gasteiger partial charge >= 0.3 is 5.63 Å². The molecule has 4 nitrogen and oxygen atoms in total. The third-order valence-electron chi connectivity index (χ3n) is 2.68. The molecule has 0 aliphatic rings. The van der Waals surface area contributed by atoms with Crippen molar-refractivity contribution in [2.45, 2.75) is 39.5 Å². The van der Waals surface area contributed by atoms with Gasteiger partial charge in [0.15, 0.2) is 17.3 Å². The molecule has 16 heavy (non-hydrogen) atoms. The highest BCUT2D eigenvalue weighted by atomic mass is 16.5. The van der Waals surface area contributed by atoms with Gasteiger partial charge in [-0.15, -0.1) is 0 Å². The van der Waals surface area contributed by atoms with Crippen LogP contribution in [-0.2, 0) is 0 Å². The zero-order chi connectivity index (χ0) is 12.3. The third kappa shape index (κ3) is 2.21. The molecule has 0 spiro atoms. The Balaban J connectivity index is 3.33. The second-order valence-corrected chi connectivity index (χ2v) is 3.95. The average molecular weight is 226 g/mol. The molecular weight excluding hydrogens is 208 g/mol. The molecule has 1 rings (SSSR count). The monoisotopic (exact) mass is 226 g/mol. The van der Waals surface area contributed by atoms with Crippen molar-refractivity contribution < 1.29 is 14.3 Å². The highest BCUT2D eigenvalue weighted by Gasteiger charge is 2.21. The van der Waals surface area contributed by atoms with Gasteiger partial charge in [0.05, 0.1) is 12.7 Å². The molecule has 1 heterocycles. The Labute approximate surface area is 94.9 Å². The van der Waals surface area contributed by atoms with E-state index in [9.17, 15) is 9.90 Å². The topological polar surface area (TPSA) is 59.7 Å². The Kier molecular flexibility index (Phi) is 3.99. The van der Waals surface area contributed by atoms with Crippen molar-refractivity contribution in [1.82, 2.24) is 0 Å². The highest BCUT2D eigenvalue weighted by Crippen LogP contribution is 2.36. The molecule has 4 heteroatoms. The van der Waals surface area contributed by atoms with E-state index in [1.165, 1.54) is 14.0 Å². The summed E-state index contributed by atoms with van der Waals surface area (Å²) in [6.45, 7) is 5.51. The fourth-order valence-corrected chi connectivity index (χ4v) is 1.69. The number of ether oxygens (including phenoxy) is 1. The van der Waals surface area contributed by atoms with E-state index in [4.69, 9.17) is 9.15 Å². The minimum Gasteiger partial charge on any atom is -0.504 e. The second-order valence-electron chi connectivity index (χ2n) is 3.95. The Morgan fingerprint density at radius 2 is 2.12 bits per heavy atom. The largest absolute Gasteiger partial charge is 0.504 e. The molecule has 0 aliphatic heterocycles. The molecule has 0 saturated carbocycles. The first kappa shape index (κ1) is 12.6. The van der Waals surface area contributed by atoms with Gasteiger partial charge in [-0.1, -0.05) is 20.3 Å². The predicted molar refractivity (Wildman–Crippen MR) is 61.3 cm³/mol. The summed E-state index contributed by atoms with van der Waals surface area (Å²) in [5.41, 5.74) is -0.319. The van der Waals surface area contributed by atoms with Crippen LogP contribution < -0.4 is 10.4 Å². The predicted octanol–water partition coefficient (Wildman–Crippen LogP) is 2.57. The van der Waals surface area contributed by atoms with Gasteiger partial charge in [-0.25, -0.2) is 4.79 Å². The van der Waals surface area contributed by atoms with Crippen LogP contribution in [-0.4, -0.2) is 12.2 Å². The van der Waals surface area contributed by atoms with Crippen LogP contribution in [0.1, 0.15) is 43.9 Å². The summed E-state index contributed by atoms with van der Waals surface area (Å²) in [5.74, 6) is 0.645. The summed E-state index contributed by atoms with van der Waals surface area (Å²) < 4.78 is 10.3. The number of aromatic hydroxyl groups is 1. The van der Waals surface area contributed by atoms with E-state index in [1.54, 1.807) is 0 Å². The number of rotatable bonds is 4. The van der Waals surface area contributed by atoms with E-state index < -0.39 is 5.63 Å². The SMILES string of the molecule is CCC[C@H](C)c1oc(=O)c(C)c(O)c1OC. The number of methoxy groups -OCH3 is 1. The highest BCUT2D eigenvalue weighted by molar-refractivity contribution is 5.46. The molecule has 1 atom stereocenters. The Bertz CT molecular complexity index is 420. The van der Waals surface area contributed by atoms with Gasteiger partial charge < -0.3 is 14.3 Å². The summed E-state index contributed by atoms with van der Waals surface area (Å²) in [6.07, 6.45) is 1.85. The van der Waals surface area contributed by atoms with Crippen LogP contribution in [0.25, 0.3) is 0 Å². The third-order valence-corrected chi connectivity index (χ3v) is 2.68. The van der Waals surface area contributed by atoms with Crippen LogP contribution in [0.2, 0.25) is 0 Å². The van der Waals surface area contributed by atoms with Crippen molar-refractivity contribution in [3.05, 3.63) is 21.7 Å². The van der Waals surface area contributed by atoms with Crippen LogP contribution in [0.5, 0.6) is 11.5 Å². The van der Waals surface area contributed by atoms with E-state index in [-0.39, 0.29) is 23.0 Å². The summed E-state index contributed by atoms with van der Waals surface area (Å²) in [4.78, 5) is 11.5. The molecule has 0 radical (unpaired) electrons. The molecule has 90 valence electrons. The standard InChI is InChI=1S/C12H18O4/c1-5-6-7(2)10-11(15-4)9(13)8(3)12(14)16-10/h7,13H,5-6H2,1-4H3/t7-/m0/s1. The van der Waals surface area contributed by atoms with Gasteiger partial charge in [-0.2, -0.15) is 0 Å². The molecule has 1 aromatic heterocycles. The van der Waals surface area contributed by atoms with E-state index >= 15 is 0 Å². The van der Waals surface area contributed by atoms with E-state index in [2.05, 4.69) is 6.92 Å². The zero-order valence-corrected chi connectivity index (χ0v) is 10.2. The van der Waals surface area contributed by atoms with Gasteiger partial charge in [-0.05, 0) is 13.3 Å². The van der Waals surface area contributed by atoms with Crippen molar-refractivity contribution in [1.29, 1.82) is 0 Å². The van der Waals surface area contributed by atoms with Crippen LogP contribution >= 0.6 is 0 Å². The van der Waals surface area contributed by atoms with Crippen LogP contribution in [0.15, 0.2) is 9.21 Å². The lowest BCUT2D eigenvalue weighted by Gasteiger charge is -2.14. The molecule has 0 aromatic carbocycles. The molecular formula is C12H18O4. The van der Waals surface area contributed by atoms with Crippen molar-refractivity contribution in [2.24, 2.45) is 0 Å². The van der Waals surface area contributed by atoms with E-state index in [1.807, 2.05) is 6.92 Å². The van der Waals surface area contributed by atoms with Crippen LogP contribution in [0.3, 0.4) is 0 Å². The van der Waals surface area contributed by atoms with E-state index in [0.717, 1.165) is 12.8 Å². The van der Waals surface area contributed by atoms with Crippen molar-refractivity contribution >= 4 is 0 Å². The van der Waals surface area contributed by atoms with Crippen LogP contribution in [0.4, 0.5) is 0 Å². The number of hydrogen-bond donors (Lipinski definition) is 1. The first-order valence-corrected chi connectivity index (χ1v) is 5.43. The summed E-state index contributed by atoms with van der Waals surface area (Å²) in [6, 6.07) is 0. The quantitative estimate of drug-likeness (QED) is 0.857. The fraction of sp³-hybridized carbons (Fsp3) is 0.583. The summed E-state index contributed by atoms with van der Waals surface area (Å²) in [5, 5.41) is 9.79. The molecule has 0 fully saturated rings. The van der Waals surface area contributed by atoms with Gasteiger partial charge in [0, 0.05) is 5.92 Å². The lowest BCUT2D eigenvalue weighted by molar-refractivity contribution is 0.315. The van der Waals surface area contributed by atoms with Crippen molar-refractivity contribution in [3.63, 3.8) is 0 Å². The first-order chi connectivity index (χ1) is 7.52. The molecule has 0 amide bonds. The normalized spacial score (nSPS) is 12.5. The summed E-state index contributed by atoms with van der Waals surface area (Å²) >= 11 is 0. The van der Waals surface area contributed by atoms with E-state index in [0.29, 0.717) is 5.76 Å². The van der Waals surface area contributed by atoms with Gasteiger partial charge in [0.25, 0.3) is 0 Å². The maximum atomic E-state index is 11.5. The first-order valence-electron chi connectivity index (χ1n) is 5.43. The van der Waals surface area contributed by atoms with Crippen LogP contribution in [0, 0.1) is 6.92 Å². The maximum Gasteiger partial charge on any atom is 0.342 e. The van der Waals surface area contributed by atoms with Crippen molar-refractivity contribution in [2.75, 3.05) is 7.11 Å². The fourth-order valence-electron chi connectivity index (χ4n) is 1.69. The summed E-state index contributed by atoms with van der Waals surface area (Å²) in [7, 11) is 1.46. The lowest BCUT2D eigenvalue weighted by atomic mass is 10.0. The average Bonchev–Trinajstić information content (AvgIpc) is 2.26. The second kappa shape index (κ2) is 5.05. The van der Waals surface area contributed by atoms with Gasteiger partial charge in [0.2, 0.25) is 0 Å². The number of hydrogen-bond acceptors (Lipinski definition) is 4. The zero-order valence-electron chi connectivity index (χ0n) is 10.2. The molecule has 0 bridgehead atoms. The van der Waals surface area contributed by atoms with Crippen molar-refractivity contribution in [3.8, 4) is 11.5 Å². The maximum absolute atomic E-state index is 11.5. The van der Waals surface area contributed by atoms with Gasteiger partial charge in [0.1, 0.15) is 0 Å². The molecule has 0 saturated heterocycles. The Morgan fingerprint density at radius 3 is 2.62 bits per heavy atom. The molecule has 1 N–H and O–H groups in total. The molecule has 1 aromatic rings. The Hall–Kier alpha value is -1.45. The minimum absolute atomic E-state index is 0.0548. The molecule has 0 aliphatic carbocycles. The molecule has 0 unspecified atom stereocenters. The van der Waals surface area contributed by atoms with Gasteiger partial charge in [-0.3, -0.25) is 0 Å².